The number of amides is 1. The molecule has 0 bridgehead atoms. The van der Waals surface area contributed by atoms with E-state index in [0.29, 0.717) is 5.69 Å². The molecule has 0 saturated carbocycles. The van der Waals surface area contributed by atoms with Gasteiger partial charge in [-0.05, 0) is 42.8 Å². The second-order valence-electron chi connectivity index (χ2n) is 6.14. The zero-order valence-electron chi connectivity index (χ0n) is 16.4. The summed E-state index contributed by atoms with van der Waals surface area (Å²) in [6.07, 6.45) is 1.42. The summed E-state index contributed by atoms with van der Waals surface area (Å²) in [4.78, 5) is 36.9. The van der Waals surface area contributed by atoms with E-state index in [0.717, 1.165) is 17.8 Å². The first-order valence-corrected chi connectivity index (χ1v) is 10.1. The molecule has 2 aromatic carbocycles. The minimum Gasteiger partial charge on any atom is -0.500 e. The smallest absolute Gasteiger partial charge is 0.338 e. The molecule has 1 fully saturated rings. The average molecular weight is 460 g/mol. The monoisotopic (exact) mass is 460 g/mol. The lowest BCUT2D eigenvalue weighted by Crippen LogP contribution is -2.27. The van der Waals surface area contributed by atoms with Crippen LogP contribution in [-0.4, -0.2) is 39.9 Å². The van der Waals surface area contributed by atoms with Crippen molar-refractivity contribution in [2.24, 2.45) is 0 Å². The largest absolute Gasteiger partial charge is 0.500 e. The lowest BCUT2D eigenvalue weighted by Gasteiger charge is -2.15. The van der Waals surface area contributed by atoms with Gasteiger partial charge in [0.05, 0.1) is 34.8 Å². The summed E-state index contributed by atoms with van der Waals surface area (Å²) in [5, 5.41) is 21.1. The number of thiocarbonyl (C=S) groups is 1. The fraction of sp³-hybridized carbons (Fsp3) is 0.150. The van der Waals surface area contributed by atoms with Crippen LogP contribution in [0.1, 0.15) is 22.8 Å². The highest BCUT2D eigenvalue weighted by Gasteiger charge is 2.34. The van der Waals surface area contributed by atoms with Crippen molar-refractivity contribution in [3.05, 3.63) is 62.5 Å². The maximum absolute atomic E-state index is 13.0. The van der Waals surface area contributed by atoms with Gasteiger partial charge in [-0.3, -0.25) is 19.8 Å². The number of carbonyl (C=O) groups excluding carboxylic acids is 2. The van der Waals surface area contributed by atoms with Crippen LogP contribution in [0.4, 0.5) is 11.4 Å². The van der Waals surface area contributed by atoms with Crippen LogP contribution in [-0.2, 0) is 9.53 Å². The van der Waals surface area contributed by atoms with Gasteiger partial charge in [0, 0.05) is 6.07 Å². The number of methoxy groups -OCH3 is 1. The van der Waals surface area contributed by atoms with Crippen LogP contribution in [0.5, 0.6) is 11.5 Å². The standard InChI is InChI=1S/C20H16N2O7S2/c1-3-29-19(25)12-5-4-6-13(10-12)21-18(24)16(31-20(21)30)9-11-7-14(22(26)27)17(23)15(8-11)28-2/h4-10,23H,3H2,1-2H3/b16-9-. The molecule has 11 heteroatoms. The highest BCUT2D eigenvalue weighted by atomic mass is 32.2. The van der Waals surface area contributed by atoms with Gasteiger partial charge >= 0.3 is 11.7 Å². The number of ether oxygens (including phenoxy) is 2. The Morgan fingerprint density at radius 1 is 1.35 bits per heavy atom. The molecule has 0 unspecified atom stereocenters. The summed E-state index contributed by atoms with van der Waals surface area (Å²) in [6, 6.07) is 8.81. The molecule has 0 aromatic heterocycles. The van der Waals surface area contributed by atoms with E-state index in [1.807, 2.05) is 0 Å². The Bertz CT molecular complexity index is 1130. The summed E-state index contributed by atoms with van der Waals surface area (Å²) in [6.45, 7) is 1.91. The molecule has 0 aliphatic carbocycles. The van der Waals surface area contributed by atoms with Crippen LogP contribution in [0.2, 0.25) is 0 Å². The van der Waals surface area contributed by atoms with Crippen LogP contribution in [0.3, 0.4) is 0 Å². The van der Waals surface area contributed by atoms with E-state index in [1.165, 1.54) is 30.2 Å². The summed E-state index contributed by atoms with van der Waals surface area (Å²) < 4.78 is 10.2. The van der Waals surface area contributed by atoms with Crippen LogP contribution >= 0.6 is 24.0 Å². The maximum Gasteiger partial charge on any atom is 0.338 e. The third kappa shape index (κ3) is 4.52. The molecule has 1 N–H and O–H groups in total. The molecule has 1 amide bonds. The number of anilines is 1. The number of hydrogen-bond donors (Lipinski definition) is 1. The molecule has 1 saturated heterocycles. The number of phenolic OH excluding ortho intramolecular Hbond substituents is 1. The van der Waals surface area contributed by atoms with Gasteiger partial charge in [0.2, 0.25) is 5.75 Å². The molecule has 31 heavy (non-hydrogen) atoms. The first-order valence-electron chi connectivity index (χ1n) is 8.87. The van der Waals surface area contributed by atoms with Gasteiger partial charge in [0.1, 0.15) is 0 Å². The van der Waals surface area contributed by atoms with Gasteiger partial charge in [-0.25, -0.2) is 4.79 Å². The number of nitro benzene ring substituents is 1. The van der Waals surface area contributed by atoms with E-state index < -0.39 is 28.2 Å². The zero-order chi connectivity index (χ0) is 22.7. The van der Waals surface area contributed by atoms with Gasteiger partial charge in [-0.2, -0.15) is 0 Å². The topological polar surface area (TPSA) is 119 Å². The number of nitro groups is 1. The number of phenols is 1. The van der Waals surface area contributed by atoms with E-state index in [1.54, 1.807) is 25.1 Å². The van der Waals surface area contributed by atoms with Crippen molar-refractivity contribution in [2.45, 2.75) is 6.92 Å². The van der Waals surface area contributed by atoms with E-state index >= 15 is 0 Å². The Morgan fingerprint density at radius 2 is 2.10 bits per heavy atom. The normalized spacial score (nSPS) is 14.8. The fourth-order valence-electron chi connectivity index (χ4n) is 2.82. The number of esters is 1. The first-order chi connectivity index (χ1) is 14.8. The number of rotatable bonds is 6. The summed E-state index contributed by atoms with van der Waals surface area (Å²) in [7, 11) is 1.26. The number of hydrogen-bond acceptors (Lipinski definition) is 9. The predicted molar refractivity (Wildman–Crippen MR) is 119 cm³/mol. The SMILES string of the molecule is CCOC(=O)c1cccc(N2C(=O)/C(=C/c3cc(OC)c(O)c([N+](=O)[O-])c3)SC2=S)c1. The van der Waals surface area contributed by atoms with Crippen LogP contribution in [0, 0.1) is 10.1 Å². The Balaban J connectivity index is 1.97. The minimum absolute atomic E-state index is 0.0990. The lowest BCUT2D eigenvalue weighted by atomic mass is 10.1. The second kappa shape index (κ2) is 9.14. The Morgan fingerprint density at radius 3 is 2.74 bits per heavy atom. The van der Waals surface area contributed by atoms with Crippen molar-refractivity contribution in [3.63, 3.8) is 0 Å². The molecule has 1 aliphatic rings. The van der Waals surface area contributed by atoms with Crippen molar-refractivity contribution in [3.8, 4) is 11.5 Å². The molecule has 9 nitrogen and oxygen atoms in total. The first kappa shape index (κ1) is 22.2. The molecule has 2 aromatic rings. The van der Waals surface area contributed by atoms with Crippen molar-refractivity contribution < 1.29 is 29.1 Å². The second-order valence-corrected chi connectivity index (χ2v) is 7.81. The van der Waals surface area contributed by atoms with E-state index in [2.05, 4.69) is 0 Å². The van der Waals surface area contributed by atoms with Crippen molar-refractivity contribution in [1.82, 2.24) is 0 Å². The van der Waals surface area contributed by atoms with Crippen molar-refractivity contribution in [1.29, 1.82) is 0 Å². The molecule has 1 heterocycles. The molecule has 0 atom stereocenters. The van der Waals surface area contributed by atoms with Crippen LogP contribution in [0.15, 0.2) is 41.3 Å². The molecule has 0 radical (unpaired) electrons. The zero-order valence-corrected chi connectivity index (χ0v) is 18.0. The lowest BCUT2D eigenvalue weighted by molar-refractivity contribution is -0.386. The Labute approximate surface area is 186 Å². The number of thioether (sulfide) groups is 1. The average Bonchev–Trinajstić information content (AvgIpc) is 3.02. The Kier molecular flexibility index (Phi) is 6.56. The van der Waals surface area contributed by atoms with Gasteiger partial charge in [0.15, 0.2) is 10.1 Å². The van der Waals surface area contributed by atoms with Crippen molar-refractivity contribution in [2.75, 3.05) is 18.6 Å². The highest BCUT2D eigenvalue weighted by Crippen LogP contribution is 2.40. The number of aromatic hydroxyl groups is 1. The maximum atomic E-state index is 13.0. The van der Waals surface area contributed by atoms with Crippen molar-refractivity contribution >= 4 is 57.6 Å². The fourth-order valence-corrected chi connectivity index (χ4v) is 4.12. The van der Waals surface area contributed by atoms with E-state index in [-0.39, 0.29) is 32.7 Å². The third-order valence-corrected chi connectivity index (χ3v) is 5.50. The number of benzene rings is 2. The Hall–Kier alpha value is -3.44. The molecule has 160 valence electrons. The van der Waals surface area contributed by atoms with E-state index in [9.17, 15) is 24.8 Å². The van der Waals surface area contributed by atoms with Crippen LogP contribution in [0.25, 0.3) is 6.08 Å². The summed E-state index contributed by atoms with van der Waals surface area (Å²) in [5.74, 6) is -1.68. The van der Waals surface area contributed by atoms with E-state index in [4.69, 9.17) is 21.7 Å². The number of nitrogens with zero attached hydrogens (tertiary/aromatic N) is 2. The van der Waals surface area contributed by atoms with Gasteiger partial charge < -0.3 is 14.6 Å². The molecular formula is C20H16N2O7S2. The summed E-state index contributed by atoms with van der Waals surface area (Å²) in [5.41, 5.74) is 0.396. The minimum atomic E-state index is -0.749. The number of carbonyl (C=O) groups is 2. The third-order valence-electron chi connectivity index (χ3n) is 4.20. The molecule has 0 spiro atoms. The quantitative estimate of drug-likeness (QED) is 0.225. The molecule has 1 aliphatic heterocycles. The predicted octanol–water partition coefficient (Wildman–Crippen LogP) is 3.89. The highest BCUT2D eigenvalue weighted by molar-refractivity contribution is 8.27. The summed E-state index contributed by atoms with van der Waals surface area (Å²) >= 11 is 6.34. The van der Waals surface area contributed by atoms with Gasteiger partial charge in [-0.1, -0.05) is 30.0 Å². The van der Waals surface area contributed by atoms with Crippen LogP contribution < -0.4 is 9.64 Å². The van der Waals surface area contributed by atoms with Gasteiger partial charge in [0.25, 0.3) is 5.91 Å². The van der Waals surface area contributed by atoms with Gasteiger partial charge in [-0.15, -0.1) is 0 Å². The molecule has 3 rings (SSSR count). The molecular weight excluding hydrogens is 444 g/mol.